The van der Waals surface area contributed by atoms with Gasteiger partial charge in [-0.15, -0.1) is 0 Å². The van der Waals surface area contributed by atoms with Gasteiger partial charge in [-0.05, 0) is 35.9 Å². The van der Waals surface area contributed by atoms with E-state index in [1.165, 1.54) is 25.1 Å². The number of halogens is 3. The quantitative estimate of drug-likeness (QED) is 0.658. The van der Waals surface area contributed by atoms with Crippen LogP contribution in [0.3, 0.4) is 0 Å². The second kappa shape index (κ2) is 7.94. The molecule has 9 heteroatoms. The summed E-state index contributed by atoms with van der Waals surface area (Å²) in [5, 5.41) is 11.8. The highest BCUT2D eigenvalue weighted by atomic mass is 19.4. The molecule has 0 aliphatic heterocycles. The fourth-order valence-electron chi connectivity index (χ4n) is 3.06. The normalized spacial score (nSPS) is 11.6. The third-order valence-corrected chi connectivity index (χ3v) is 4.39. The Morgan fingerprint density at radius 2 is 1.93 bits per heavy atom. The highest BCUT2D eigenvalue weighted by Gasteiger charge is 2.30. The number of nitrogens with zero attached hydrogens (tertiary/aromatic N) is 2. The van der Waals surface area contributed by atoms with Crippen molar-refractivity contribution in [1.82, 2.24) is 14.9 Å². The summed E-state index contributed by atoms with van der Waals surface area (Å²) >= 11 is 0. The van der Waals surface area contributed by atoms with Crippen molar-refractivity contribution in [2.45, 2.75) is 26.1 Å². The molecule has 1 heterocycles. The van der Waals surface area contributed by atoms with Crippen molar-refractivity contribution >= 4 is 22.9 Å². The summed E-state index contributed by atoms with van der Waals surface area (Å²) in [6.45, 7) is 1.81. The number of alkyl halides is 3. The van der Waals surface area contributed by atoms with Crippen LogP contribution in [0.1, 0.15) is 34.2 Å². The van der Waals surface area contributed by atoms with Gasteiger partial charge in [-0.25, -0.2) is 9.78 Å². The highest BCUT2D eigenvalue weighted by Crippen LogP contribution is 2.30. The number of carboxylic acids is 1. The molecule has 0 radical (unpaired) electrons. The molecular weight excluding hydrogens is 387 g/mol. The van der Waals surface area contributed by atoms with Crippen LogP contribution in [0, 0.1) is 0 Å². The van der Waals surface area contributed by atoms with E-state index in [9.17, 15) is 27.9 Å². The van der Waals surface area contributed by atoms with E-state index >= 15 is 0 Å². The average molecular weight is 405 g/mol. The second-order valence-electron chi connectivity index (χ2n) is 6.55. The molecule has 0 unspecified atom stereocenters. The summed E-state index contributed by atoms with van der Waals surface area (Å²) in [5.41, 5.74) is 0.782. The van der Waals surface area contributed by atoms with Crippen LogP contribution in [0.4, 0.5) is 13.2 Å². The molecule has 3 rings (SSSR count). The van der Waals surface area contributed by atoms with Gasteiger partial charge < -0.3 is 15.0 Å². The zero-order valence-corrected chi connectivity index (χ0v) is 15.5. The molecule has 0 fully saturated rings. The van der Waals surface area contributed by atoms with Crippen molar-refractivity contribution in [2.24, 2.45) is 0 Å². The molecule has 0 aliphatic carbocycles. The SMILES string of the molecule is CC(=O)NCCc1nc2cc(C(=O)O)ccc2n1Cc1cccc(C(F)(F)F)c1. The molecule has 1 aromatic heterocycles. The molecule has 6 nitrogen and oxygen atoms in total. The number of aromatic carboxylic acids is 1. The van der Waals surface area contributed by atoms with E-state index in [0.717, 1.165) is 12.1 Å². The summed E-state index contributed by atoms with van der Waals surface area (Å²) in [7, 11) is 0. The van der Waals surface area contributed by atoms with Crippen LogP contribution in [0.5, 0.6) is 0 Å². The maximum atomic E-state index is 13.0. The zero-order valence-electron chi connectivity index (χ0n) is 15.5. The molecule has 0 saturated carbocycles. The average Bonchev–Trinajstić information content (AvgIpc) is 2.97. The Labute approximate surface area is 164 Å². The van der Waals surface area contributed by atoms with Crippen molar-refractivity contribution in [3.63, 3.8) is 0 Å². The van der Waals surface area contributed by atoms with Crippen LogP contribution in [0.25, 0.3) is 11.0 Å². The molecule has 2 N–H and O–H groups in total. The Morgan fingerprint density at radius 1 is 1.17 bits per heavy atom. The number of benzene rings is 2. The van der Waals surface area contributed by atoms with Crippen LogP contribution in [0.15, 0.2) is 42.5 Å². The fourth-order valence-corrected chi connectivity index (χ4v) is 3.06. The molecule has 0 bridgehead atoms. The molecule has 2 aromatic carbocycles. The van der Waals surface area contributed by atoms with Crippen LogP contribution < -0.4 is 5.32 Å². The number of imidazole rings is 1. The van der Waals surface area contributed by atoms with Gasteiger partial charge in [-0.2, -0.15) is 13.2 Å². The van der Waals surface area contributed by atoms with Crippen LogP contribution in [0.2, 0.25) is 0 Å². The van der Waals surface area contributed by atoms with Crippen LogP contribution in [-0.4, -0.2) is 33.1 Å². The van der Waals surface area contributed by atoms with E-state index in [1.807, 2.05) is 0 Å². The Balaban J connectivity index is 2.01. The Kier molecular flexibility index (Phi) is 5.58. The molecule has 0 saturated heterocycles. The van der Waals surface area contributed by atoms with Gasteiger partial charge in [0.15, 0.2) is 0 Å². The van der Waals surface area contributed by atoms with Gasteiger partial charge >= 0.3 is 12.1 Å². The third kappa shape index (κ3) is 4.74. The summed E-state index contributed by atoms with van der Waals surface area (Å²) in [6.07, 6.45) is -4.10. The molecule has 0 aliphatic rings. The second-order valence-corrected chi connectivity index (χ2v) is 6.55. The Morgan fingerprint density at radius 3 is 2.59 bits per heavy atom. The van der Waals surface area contributed by atoms with Gasteiger partial charge in [-0.3, -0.25) is 4.79 Å². The lowest BCUT2D eigenvalue weighted by molar-refractivity contribution is -0.137. The van der Waals surface area contributed by atoms with E-state index in [-0.39, 0.29) is 18.0 Å². The number of rotatable bonds is 6. The fraction of sp³-hybridized carbons (Fsp3) is 0.250. The van der Waals surface area contributed by atoms with Gasteiger partial charge in [0.2, 0.25) is 5.91 Å². The minimum absolute atomic E-state index is 0.0645. The smallest absolute Gasteiger partial charge is 0.416 e. The molecular formula is C20H18F3N3O3. The first-order valence-electron chi connectivity index (χ1n) is 8.78. The number of hydrogen-bond donors (Lipinski definition) is 2. The zero-order chi connectivity index (χ0) is 21.2. The lowest BCUT2D eigenvalue weighted by atomic mass is 10.1. The first kappa shape index (κ1) is 20.4. The number of hydrogen-bond acceptors (Lipinski definition) is 3. The number of carbonyl (C=O) groups excluding carboxylic acids is 1. The van der Waals surface area contributed by atoms with Crippen molar-refractivity contribution in [3.8, 4) is 0 Å². The lowest BCUT2D eigenvalue weighted by Gasteiger charge is -2.12. The molecule has 29 heavy (non-hydrogen) atoms. The van der Waals surface area contributed by atoms with Gasteiger partial charge in [0.1, 0.15) is 5.82 Å². The van der Waals surface area contributed by atoms with Crippen molar-refractivity contribution in [1.29, 1.82) is 0 Å². The van der Waals surface area contributed by atoms with Crippen molar-refractivity contribution in [2.75, 3.05) is 6.54 Å². The summed E-state index contributed by atoms with van der Waals surface area (Å²) in [6, 6.07) is 9.44. The van der Waals surface area contributed by atoms with Gasteiger partial charge in [-0.1, -0.05) is 12.1 Å². The van der Waals surface area contributed by atoms with Crippen LogP contribution >= 0.6 is 0 Å². The van der Waals surface area contributed by atoms with Gasteiger partial charge in [0, 0.05) is 26.4 Å². The van der Waals surface area contributed by atoms with E-state index in [2.05, 4.69) is 10.3 Å². The summed E-state index contributed by atoms with van der Waals surface area (Å²) < 4.78 is 40.8. The topological polar surface area (TPSA) is 84.2 Å². The van der Waals surface area contributed by atoms with E-state index < -0.39 is 17.7 Å². The summed E-state index contributed by atoms with van der Waals surface area (Å²) in [4.78, 5) is 26.8. The predicted octanol–water partition coefficient (Wildman–Crippen LogP) is 3.48. The minimum Gasteiger partial charge on any atom is -0.478 e. The number of nitrogens with one attached hydrogen (secondary N) is 1. The van der Waals surface area contributed by atoms with Gasteiger partial charge in [0.25, 0.3) is 0 Å². The largest absolute Gasteiger partial charge is 0.478 e. The molecule has 3 aromatic rings. The number of amides is 1. The number of aromatic nitrogens is 2. The first-order valence-corrected chi connectivity index (χ1v) is 8.78. The predicted molar refractivity (Wildman–Crippen MR) is 99.6 cm³/mol. The minimum atomic E-state index is -4.45. The maximum Gasteiger partial charge on any atom is 0.416 e. The van der Waals surface area contributed by atoms with E-state index in [0.29, 0.717) is 35.4 Å². The number of carbonyl (C=O) groups is 2. The van der Waals surface area contributed by atoms with Crippen LogP contribution in [-0.2, 0) is 23.9 Å². The Bertz CT molecular complexity index is 1070. The first-order chi connectivity index (χ1) is 13.6. The summed E-state index contributed by atoms with van der Waals surface area (Å²) in [5.74, 6) is -0.772. The molecule has 152 valence electrons. The van der Waals surface area contributed by atoms with Crippen molar-refractivity contribution < 1.29 is 27.9 Å². The van der Waals surface area contributed by atoms with E-state index in [1.54, 1.807) is 16.7 Å². The lowest BCUT2D eigenvalue weighted by Crippen LogP contribution is -2.23. The Hall–Kier alpha value is -3.36. The molecule has 0 spiro atoms. The molecule has 0 atom stereocenters. The maximum absolute atomic E-state index is 13.0. The molecule has 1 amide bonds. The third-order valence-electron chi connectivity index (χ3n) is 4.39. The van der Waals surface area contributed by atoms with Crippen molar-refractivity contribution in [3.05, 3.63) is 65.0 Å². The number of fused-ring (bicyclic) bond motifs is 1. The highest BCUT2D eigenvalue weighted by molar-refractivity contribution is 5.92. The number of carboxylic acid groups (broad SMARTS) is 1. The standard InChI is InChI=1S/C20H18F3N3O3/c1-12(27)24-8-7-18-25-16-10-14(19(28)29)5-6-17(16)26(18)11-13-3-2-4-15(9-13)20(21,22)23/h2-6,9-10H,7-8,11H2,1H3,(H,24,27)(H,28,29). The van der Waals surface area contributed by atoms with E-state index in [4.69, 9.17) is 0 Å². The van der Waals surface area contributed by atoms with Gasteiger partial charge in [0.05, 0.1) is 22.2 Å². The monoisotopic (exact) mass is 405 g/mol.